The fourth-order valence-electron chi connectivity index (χ4n) is 2.95. The van der Waals surface area contributed by atoms with Gasteiger partial charge in [-0.25, -0.2) is 4.79 Å². The Morgan fingerprint density at radius 2 is 2.15 bits per heavy atom. The molecule has 0 aliphatic carbocycles. The molecule has 0 bridgehead atoms. The van der Waals surface area contributed by atoms with E-state index in [9.17, 15) is 14.4 Å². The van der Waals surface area contributed by atoms with Crippen LogP contribution in [0.1, 0.15) is 43.0 Å². The van der Waals surface area contributed by atoms with Crippen molar-refractivity contribution in [2.45, 2.75) is 32.6 Å². The minimum atomic E-state index is -1.07. The Labute approximate surface area is 153 Å². The number of unbranched alkanes of at least 4 members (excludes halogenated alkanes) is 1. The van der Waals surface area contributed by atoms with Crippen molar-refractivity contribution in [1.82, 2.24) is 10.2 Å². The summed E-state index contributed by atoms with van der Waals surface area (Å²) in [6.45, 7) is 3.29. The normalized spacial score (nSPS) is 16.8. The molecule has 1 aromatic carbocycles. The van der Waals surface area contributed by atoms with E-state index in [0.29, 0.717) is 30.9 Å². The van der Waals surface area contributed by atoms with E-state index in [1.165, 1.54) is 6.07 Å². The second-order valence-electron chi connectivity index (χ2n) is 6.45. The maximum absolute atomic E-state index is 12.7. The van der Waals surface area contributed by atoms with Gasteiger partial charge in [0.1, 0.15) is 5.75 Å². The van der Waals surface area contributed by atoms with Gasteiger partial charge < -0.3 is 20.1 Å². The summed E-state index contributed by atoms with van der Waals surface area (Å²) in [6.07, 6.45) is 3.54. The van der Waals surface area contributed by atoms with Crippen molar-refractivity contribution in [3.8, 4) is 5.75 Å². The van der Waals surface area contributed by atoms with Crippen LogP contribution in [0.5, 0.6) is 5.75 Å². The van der Waals surface area contributed by atoms with Gasteiger partial charge in [0.2, 0.25) is 5.91 Å². The fourth-order valence-corrected chi connectivity index (χ4v) is 2.95. The molecule has 0 saturated carbocycles. The van der Waals surface area contributed by atoms with Crippen LogP contribution in [0.25, 0.3) is 0 Å². The quantitative estimate of drug-likeness (QED) is 0.689. The number of ether oxygens (including phenoxy) is 1. The largest absolute Gasteiger partial charge is 0.482 e. The Hall–Kier alpha value is -2.57. The molecule has 2 rings (SSSR count). The Morgan fingerprint density at radius 3 is 2.88 bits per heavy atom. The lowest BCUT2D eigenvalue weighted by Crippen LogP contribution is -2.45. The SMILES string of the molecule is CCCCNC(=O)C1CCCN(C(=O)c2cccc(OCC(=O)O)c2)C1. The molecular formula is C19H26N2O5. The number of rotatable bonds is 8. The lowest BCUT2D eigenvalue weighted by Gasteiger charge is -2.32. The fraction of sp³-hybridized carbons (Fsp3) is 0.526. The topological polar surface area (TPSA) is 95.9 Å². The molecule has 1 aromatic rings. The Balaban J connectivity index is 1.97. The molecule has 1 aliphatic rings. The first-order valence-corrected chi connectivity index (χ1v) is 9.03. The first-order valence-electron chi connectivity index (χ1n) is 9.03. The summed E-state index contributed by atoms with van der Waals surface area (Å²) < 4.78 is 5.13. The zero-order valence-corrected chi connectivity index (χ0v) is 15.1. The van der Waals surface area contributed by atoms with Crippen LogP contribution in [0, 0.1) is 5.92 Å². The molecule has 7 nitrogen and oxygen atoms in total. The number of hydrogen-bond acceptors (Lipinski definition) is 4. The number of nitrogens with zero attached hydrogens (tertiary/aromatic N) is 1. The highest BCUT2D eigenvalue weighted by Gasteiger charge is 2.28. The summed E-state index contributed by atoms with van der Waals surface area (Å²) in [5.41, 5.74) is 0.430. The number of aliphatic carboxylic acids is 1. The number of carbonyl (C=O) groups excluding carboxylic acids is 2. The minimum absolute atomic E-state index is 0.00879. The van der Waals surface area contributed by atoms with Crippen LogP contribution in [0.4, 0.5) is 0 Å². The molecule has 7 heteroatoms. The van der Waals surface area contributed by atoms with Gasteiger partial charge in [0.15, 0.2) is 6.61 Å². The van der Waals surface area contributed by atoms with Crippen molar-refractivity contribution < 1.29 is 24.2 Å². The number of carbonyl (C=O) groups is 3. The van der Waals surface area contributed by atoms with Crippen molar-refractivity contribution in [3.05, 3.63) is 29.8 Å². The van der Waals surface area contributed by atoms with Crippen molar-refractivity contribution in [1.29, 1.82) is 0 Å². The van der Waals surface area contributed by atoms with E-state index in [-0.39, 0.29) is 17.7 Å². The second kappa shape index (κ2) is 9.79. The standard InChI is InChI=1S/C19H26N2O5/c1-2-3-9-20-18(24)15-7-5-10-21(12-15)19(25)14-6-4-8-16(11-14)26-13-17(22)23/h4,6,8,11,15H,2-3,5,7,9-10,12-13H2,1H3,(H,20,24)(H,22,23). The molecule has 0 aromatic heterocycles. The average Bonchev–Trinajstić information content (AvgIpc) is 2.66. The van der Waals surface area contributed by atoms with E-state index < -0.39 is 12.6 Å². The molecule has 1 unspecified atom stereocenters. The Bertz CT molecular complexity index is 647. The number of carboxylic acids is 1. The molecule has 1 aliphatic heterocycles. The zero-order valence-electron chi connectivity index (χ0n) is 15.1. The number of benzene rings is 1. The van der Waals surface area contributed by atoms with E-state index in [1.807, 2.05) is 0 Å². The molecule has 0 spiro atoms. The van der Waals surface area contributed by atoms with Gasteiger partial charge in [-0.05, 0) is 37.5 Å². The maximum Gasteiger partial charge on any atom is 0.341 e. The summed E-state index contributed by atoms with van der Waals surface area (Å²) in [7, 11) is 0. The van der Waals surface area contributed by atoms with Crippen molar-refractivity contribution in [2.24, 2.45) is 5.92 Å². The molecule has 2 amide bonds. The molecule has 1 heterocycles. The zero-order chi connectivity index (χ0) is 18.9. The number of carboxylic acid groups (broad SMARTS) is 1. The summed E-state index contributed by atoms with van der Waals surface area (Å²) in [4.78, 5) is 37.3. The number of hydrogen-bond donors (Lipinski definition) is 2. The lowest BCUT2D eigenvalue weighted by atomic mass is 9.96. The minimum Gasteiger partial charge on any atom is -0.482 e. The summed E-state index contributed by atoms with van der Waals surface area (Å²) in [5, 5.41) is 11.6. The van der Waals surface area contributed by atoms with Gasteiger partial charge in [-0.15, -0.1) is 0 Å². The van der Waals surface area contributed by atoms with E-state index in [2.05, 4.69) is 12.2 Å². The van der Waals surface area contributed by atoms with E-state index in [1.54, 1.807) is 23.1 Å². The Kier molecular flexibility index (Phi) is 7.44. The predicted molar refractivity (Wildman–Crippen MR) is 96.1 cm³/mol. The average molecular weight is 362 g/mol. The monoisotopic (exact) mass is 362 g/mol. The molecule has 2 N–H and O–H groups in total. The van der Waals surface area contributed by atoms with Crippen LogP contribution in [-0.2, 0) is 9.59 Å². The molecule has 1 atom stereocenters. The number of nitrogens with one attached hydrogen (secondary N) is 1. The van der Waals surface area contributed by atoms with Crippen LogP contribution in [-0.4, -0.2) is 54.0 Å². The summed E-state index contributed by atoms with van der Waals surface area (Å²) in [5.74, 6) is -1.08. The first-order chi connectivity index (χ1) is 12.5. The third-order valence-corrected chi connectivity index (χ3v) is 4.35. The molecule has 1 fully saturated rings. The van der Waals surface area contributed by atoms with E-state index in [0.717, 1.165) is 25.7 Å². The second-order valence-corrected chi connectivity index (χ2v) is 6.45. The van der Waals surface area contributed by atoms with Crippen LogP contribution < -0.4 is 10.1 Å². The smallest absolute Gasteiger partial charge is 0.341 e. The predicted octanol–water partition coefficient (Wildman–Crippen LogP) is 1.92. The van der Waals surface area contributed by atoms with Gasteiger partial charge in [-0.1, -0.05) is 19.4 Å². The lowest BCUT2D eigenvalue weighted by molar-refractivity contribution is -0.139. The van der Waals surface area contributed by atoms with Gasteiger partial charge in [-0.2, -0.15) is 0 Å². The molecule has 26 heavy (non-hydrogen) atoms. The van der Waals surface area contributed by atoms with Crippen molar-refractivity contribution in [3.63, 3.8) is 0 Å². The van der Waals surface area contributed by atoms with E-state index in [4.69, 9.17) is 9.84 Å². The molecule has 142 valence electrons. The highest BCUT2D eigenvalue weighted by molar-refractivity contribution is 5.95. The van der Waals surface area contributed by atoms with Crippen LogP contribution >= 0.6 is 0 Å². The summed E-state index contributed by atoms with van der Waals surface area (Å²) >= 11 is 0. The first kappa shape index (κ1) is 19.8. The third kappa shape index (κ3) is 5.75. The highest BCUT2D eigenvalue weighted by atomic mass is 16.5. The number of likely N-dealkylation sites (tertiary alicyclic amines) is 1. The van der Waals surface area contributed by atoms with Crippen LogP contribution in [0.2, 0.25) is 0 Å². The van der Waals surface area contributed by atoms with Gasteiger partial charge in [0.05, 0.1) is 5.92 Å². The van der Waals surface area contributed by atoms with Gasteiger partial charge in [-0.3, -0.25) is 9.59 Å². The van der Waals surface area contributed by atoms with Crippen LogP contribution in [0.3, 0.4) is 0 Å². The van der Waals surface area contributed by atoms with Gasteiger partial charge >= 0.3 is 5.97 Å². The number of piperidine rings is 1. The van der Waals surface area contributed by atoms with Gasteiger partial charge in [0.25, 0.3) is 5.91 Å². The van der Waals surface area contributed by atoms with Gasteiger partial charge in [0, 0.05) is 25.2 Å². The van der Waals surface area contributed by atoms with E-state index >= 15 is 0 Å². The Morgan fingerprint density at radius 1 is 1.35 bits per heavy atom. The molecular weight excluding hydrogens is 336 g/mol. The van der Waals surface area contributed by atoms with Crippen LogP contribution in [0.15, 0.2) is 24.3 Å². The maximum atomic E-state index is 12.7. The molecule has 1 saturated heterocycles. The van der Waals surface area contributed by atoms with Crippen molar-refractivity contribution in [2.75, 3.05) is 26.2 Å². The highest BCUT2D eigenvalue weighted by Crippen LogP contribution is 2.21. The number of amides is 2. The summed E-state index contributed by atoms with van der Waals surface area (Å²) in [6, 6.07) is 6.47. The van der Waals surface area contributed by atoms with Crippen molar-refractivity contribution >= 4 is 17.8 Å². The molecule has 0 radical (unpaired) electrons. The third-order valence-electron chi connectivity index (χ3n) is 4.35.